The first kappa shape index (κ1) is 15.1. The molecule has 114 valence electrons. The average Bonchev–Trinajstić information content (AvgIpc) is 2.45. The number of hydrogen-bond donors (Lipinski definition) is 2. The Kier molecular flexibility index (Phi) is 4.99. The van der Waals surface area contributed by atoms with Crippen LogP contribution in [0.15, 0.2) is 24.3 Å². The molecule has 1 amide bonds. The van der Waals surface area contributed by atoms with Gasteiger partial charge in [-0.2, -0.15) is 0 Å². The maximum atomic E-state index is 12.0. The lowest BCUT2D eigenvalue weighted by molar-refractivity contribution is -0.148. The van der Waals surface area contributed by atoms with Crippen LogP contribution in [0, 0.1) is 0 Å². The molecular formula is C14H17NO6. The molecule has 7 heteroatoms. The number of phenolic OH excluding ortho intramolecular Hbond substituents is 1. The van der Waals surface area contributed by atoms with Gasteiger partial charge in [-0.1, -0.05) is 12.1 Å². The van der Waals surface area contributed by atoms with Crippen LogP contribution in [0.4, 0.5) is 0 Å². The number of amides is 1. The van der Waals surface area contributed by atoms with Crippen molar-refractivity contribution in [1.82, 2.24) is 4.90 Å². The van der Waals surface area contributed by atoms with Gasteiger partial charge in [0.05, 0.1) is 19.1 Å². The maximum Gasteiger partial charge on any atom is 0.306 e. The van der Waals surface area contributed by atoms with Crippen molar-refractivity contribution in [2.45, 2.75) is 12.5 Å². The minimum Gasteiger partial charge on any atom is -0.504 e. The Hall–Kier alpha value is -2.28. The first-order chi connectivity index (χ1) is 10.1. The molecule has 21 heavy (non-hydrogen) atoms. The van der Waals surface area contributed by atoms with Crippen LogP contribution in [0.5, 0.6) is 11.5 Å². The minimum absolute atomic E-state index is 0.0315. The number of aromatic hydroxyl groups is 1. The lowest BCUT2D eigenvalue weighted by Gasteiger charge is -2.32. The number of carboxylic acid groups (broad SMARTS) is 1. The molecule has 1 aromatic carbocycles. The molecule has 1 fully saturated rings. The zero-order chi connectivity index (χ0) is 15.2. The summed E-state index contributed by atoms with van der Waals surface area (Å²) in [5.41, 5.74) is 0. The number of carbonyl (C=O) groups excluding carboxylic acids is 1. The summed E-state index contributed by atoms with van der Waals surface area (Å²) in [5, 5.41) is 18.3. The number of morpholine rings is 1. The number of ether oxygens (including phenoxy) is 2. The molecule has 1 unspecified atom stereocenters. The third kappa shape index (κ3) is 4.35. The van der Waals surface area contributed by atoms with Crippen LogP contribution < -0.4 is 4.74 Å². The number of carboxylic acids is 1. The Morgan fingerprint density at radius 2 is 2.14 bits per heavy atom. The number of aliphatic carboxylic acids is 1. The molecule has 0 aromatic heterocycles. The average molecular weight is 295 g/mol. The van der Waals surface area contributed by atoms with E-state index >= 15 is 0 Å². The van der Waals surface area contributed by atoms with Gasteiger partial charge in [-0.05, 0) is 12.1 Å². The van der Waals surface area contributed by atoms with Gasteiger partial charge in [0.1, 0.15) is 0 Å². The van der Waals surface area contributed by atoms with E-state index in [9.17, 15) is 14.7 Å². The highest BCUT2D eigenvalue weighted by Gasteiger charge is 2.26. The Bertz CT molecular complexity index is 518. The van der Waals surface area contributed by atoms with Gasteiger partial charge < -0.3 is 24.6 Å². The summed E-state index contributed by atoms with van der Waals surface area (Å²) in [5.74, 6) is -1.02. The van der Waals surface area contributed by atoms with Gasteiger partial charge in [-0.15, -0.1) is 0 Å². The number of para-hydroxylation sites is 2. The number of benzene rings is 1. The molecule has 1 atom stereocenters. The molecule has 0 bridgehead atoms. The fourth-order valence-electron chi connectivity index (χ4n) is 2.07. The number of carbonyl (C=O) groups is 2. The predicted octanol–water partition coefficient (Wildman–Crippen LogP) is 0.473. The fraction of sp³-hybridized carbons (Fsp3) is 0.429. The molecule has 1 aliphatic heterocycles. The van der Waals surface area contributed by atoms with Crippen LogP contribution >= 0.6 is 0 Å². The van der Waals surface area contributed by atoms with Gasteiger partial charge in [-0.3, -0.25) is 9.59 Å². The molecule has 1 heterocycles. The minimum atomic E-state index is -0.959. The van der Waals surface area contributed by atoms with Gasteiger partial charge in [0, 0.05) is 13.1 Å². The van der Waals surface area contributed by atoms with Gasteiger partial charge in [0.15, 0.2) is 18.1 Å². The molecule has 1 aromatic rings. The SMILES string of the molecule is O=C(O)CC1CN(C(=O)COc2ccccc2O)CCO1. The van der Waals surface area contributed by atoms with E-state index in [-0.39, 0.29) is 37.0 Å². The zero-order valence-corrected chi connectivity index (χ0v) is 11.4. The highest BCUT2D eigenvalue weighted by Crippen LogP contribution is 2.24. The van der Waals surface area contributed by atoms with E-state index in [4.69, 9.17) is 14.6 Å². The summed E-state index contributed by atoms with van der Waals surface area (Å²) < 4.78 is 10.6. The Morgan fingerprint density at radius 3 is 2.86 bits per heavy atom. The maximum absolute atomic E-state index is 12.0. The third-order valence-electron chi connectivity index (χ3n) is 3.11. The van der Waals surface area contributed by atoms with Gasteiger partial charge >= 0.3 is 5.97 Å². The molecule has 1 saturated heterocycles. The molecule has 2 N–H and O–H groups in total. The summed E-state index contributed by atoms with van der Waals surface area (Å²) in [6.07, 6.45) is -0.630. The topological polar surface area (TPSA) is 96.3 Å². The normalized spacial score (nSPS) is 18.3. The fourth-order valence-corrected chi connectivity index (χ4v) is 2.07. The Balaban J connectivity index is 1.85. The van der Waals surface area contributed by atoms with E-state index in [2.05, 4.69) is 0 Å². The number of phenols is 1. The van der Waals surface area contributed by atoms with Crippen molar-refractivity contribution in [3.8, 4) is 11.5 Å². The second kappa shape index (κ2) is 6.94. The van der Waals surface area contributed by atoms with Crippen LogP contribution in [-0.4, -0.2) is 59.4 Å². The van der Waals surface area contributed by atoms with Crippen LogP contribution in [0.25, 0.3) is 0 Å². The monoisotopic (exact) mass is 295 g/mol. The van der Waals surface area contributed by atoms with Gasteiger partial charge in [-0.25, -0.2) is 0 Å². The van der Waals surface area contributed by atoms with Crippen molar-refractivity contribution in [3.63, 3.8) is 0 Å². The molecule has 1 aliphatic rings. The first-order valence-corrected chi connectivity index (χ1v) is 6.58. The standard InChI is InChI=1S/C14H17NO6/c16-11-3-1-2-4-12(11)21-9-13(17)15-5-6-20-10(8-15)7-14(18)19/h1-4,10,16H,5-9H2,(H,18,19). The van der Waals surface area contributed by atoms with E-state index in [1.165, 1.54) is 11.0 Å². The van der Waals surface area contributed by atoms with Crippen LogP contribution in [0.1, 0.15) is 6.42 Å². The van der Waals surface area contributed by atoms with E-state index in [1.807, 2.05) is 0 Å². The van der Waals surface area contributed by atoms with Crippen molar-refractivity contribution >= 4 is 11.9 Å². The Morgan fingerprint density at radius 1 is 1.38 bits per heavy atom. The molecule has 2 rings (SSSR count). The predicted molar refractivity (Wildman–Crippen MR) is 72.2 cm³/mol. The van der Waals surface area contributed by atoms with Crippen molar-refractivity contribution in [2.75, 3.05) is 26.3 Å². The molecule has 0 radical (unpaired) electrons. The van der Waals surface area contributed by atoms with Crippen LogP contribution in [0.3, 0.4) is 0 Å². The lowest BCUT2D eigenvalue weighted by atomic mass is 10.2. The van der Waals surface area contributed by atoms with Crippen LogP contribution in [-0.2, 0) is 14.3 Å². The second-order valence-electron chi connectivity index (χ2n) is 4.69. The third-order valence-corrected chi connectivity index (χ3v) is 3.11. The van der Waals surface area contributed by atoms with E-state index in [1.54, 1.807) is 18.2 Å². The number of hydrogen-bond acceptors (Lipinski definition) is 5. The molecule has 7 nitrogen and oxygen atoms in total. The van der Waals surface area contributed by atoms with E-state index in [0.717, 1.165) is 0 Å². The van der Waals surface area contributed by atoms with Crippen molar-refractivity contribution in [2.24, 2.45) is 0 Å². The smallest absolute Gasteiger partial charge is 0.306 e. The summed E-state index contributed by atoms with van der Waals surface area (Å²) in [6, 6.07) is 6.38. The van der Waals surface area contributed by atoms with E-state index in [0.29, 0.717) is 13.2 Å². The first-order valence-electron chi connectivity index (χ1n) is 6.58. The number of rotatable bonds is 5. The summed E-state index contributed by atoms with van der Waals surface area (Å²) >= 11 is 0. The Labute approximate surface area is 121 Å². The summed E-state index contributed by atoms with van der Waals surface area (Å²) in [4.78, 5) is 24.2. The molecular weight excluding hydrogens is 278 g/mol. The quantitative estimate of drug-likeness (QED) is 0.820. The molecule has 0 spiro atoms. The highest BCUT2D eigenvalue weighted by atomic mass is 16.5. The van der Waals surface area contributed by atoms with Gasteiger partial charge in [0.2, 0.25) is 0 Å². The summed E-state index contributed by atoms with van der Waals surface area (Å²) in [6.45, 7) is 0.728. The molecule has 0 aliphatic carbocycles. The van der Waals surface area contributed by atoms with E-state index < -0.39 is 12.1 Å². The lowest BCUT2D eigenvalue weighted by Crippen LogP contribution is -2.47. The van der Waals surface area contributed by atoms with Crippen molar-refractivity contribution < 1.29 is 29.3 Å². The molecule has 0 saturated carbocycles. The largest absolute Gasteiger partial charge is 0.504 e. The van der Waals surface area contributed by atoms with Gasteiger partial charge in [0.25, 0.3) is 5.91 Å². The highest BCUT2D eigenvalue weighted by molar-refractivity contribution is 5.78. The van der Waals surface area contributed by atoms with Crippen LogP contribution in [0.2, 0.25) is 0 Å². The van der Waals surface area contributed by atoms with Crippen molar-refractivity contribution in [1.29, 1.82) is 0 Å². The second-order valence-corrected chi connectivity index (χ2v) is 4.69. The van der Waals surface area contributed by atoms with Crippen molar-refractivity contribution in [3.05, 3.63) is 24.3 Å². The summed E-state index contributed by atoms with van der Waals surface area (Å²) in [7, 11) is 0. The zero-order valence-electron chi connectivity index (χ0n) is 11.4. The number of nitrogens with zero attached hydrogens (tertiary/aromatic N) is 1.